The summed E-state index contributed by atoms with van der Waals surface area (Å²) < 4.78 is 0. The van der Waals surface area contributed by atoms with Gasteiger partial charge in [0.05, 0.1) is 0 Å². The number of likely N-dealkylation sites (tertiary alicyclic amines) is 1. The van der Waals surface area contributed by atoms with Crippen LogP contribution < -0.4 is 11.1 Å². The van der Waals surface area contributed by atoms with Gasteiger partial charge in [0.25, 0.3) is 5.91 Å². The van der Waals surface area contributed by atoms with Crippen molar-refractivity contribution in [3.05, 3.63) is 0 Å². The number of nitrogens with zero attached hydrogens (tertiary/aromatic N) is 1. The van der Waals surface area contributed by atoms with E-state index < -0.39 is 6.04 Å². The Morgan fingerprint density at radius 2 is 2.25 bits per heavy atom. The molecule has 2 unspecified atom stereocenters. The molecule has 3 amide bonds. The first-order valence-corrected chi connectivity index (χ1v) is 5.28. The SMILES string of the molecule is CC(CN)C(=O)NC1CCC(=O)N(C)C1=O. The maximum absolute atomic E-state index is 11.6. The number of amides is 3. The van der Waals surface area contributed by atoms with Gasteiger partial charge in [0.1, 0.15) is 6.04 Å². The quantitative estimate of drug-likeness (QED) is 0.595. The molecule has 3 N–H and O–H groups in total. The van der Waals surface area contributed by atoms with Crippen molar-refractivity contribution in [2.45, 2.75) is 25.8 Å². The summed E-state index contributed by atoms with van der Waals surface area (Å²) in [5, 5.41) is 2.61. The summed E-state index contributed by atoms with van der Waals surface area (Å²) in [6.45, 7) is 1.93. The van der Waals surface area contributed by atoms with E-state index in [0.717, 1.165) is 4.90 Å². The maximum atomic E-state index is 11.6. The fourth-order valence-corrected chi connectivity index (χ4v) is 1.47. The number of rotatable bonds is 3. The van der Waals surface area contributed by atoms with E-state index >= 15 is 0 Å². The van der Waals surface area contributed by atoms with Crippen molar-refractivity contribution in [2.24, 2.45) is 11.7 Å². The second kappa shape index (κ2) is 5.07. The van der Waals surface area contributed by atoms with Crippen LogP contribution in [-0.2, 0) is 14.4 Å². The largest absolute Gasteiger partial charge is 0.344 e. The molecule has 1 fully saturated rings. The molecule has 2 atom stereocenters. The predicted molar refractivity (Wildman–Crippen MR) is 57.2 cm³/mol. The van der Waals surface area contributed by atoms with Crippen LogP contribution in [0.2, 0.25) is 0 Å². The van der Waals surface area contributed by atoms with Gasteiger partial charge in [-0.15, -0.1) is 0 Å². The van der Waals surface area contributed by atoms with Crippen LogP contribution in [-0.4, -0.2) is 42.3 Å². The second-order valence-electron chi connectivity index (χ2n) is 4.03. The van der Waals surface area contributed by atoms with Gasteiger partial charge in [0.2, 0.25) is 11.8 Å². The maximum Gasteiger partial charge on any atom is 0.251 e. The van der Waals surface area contributed by atoms with Gasteiger partial charge in [-0.05, 0) is 6.42 Å². The molecular formula is C10H17N3O3. The summed E-state index contributed by atoms with van der Waals surface area (Å²) in [7, 11) is 1.43. The lowest BCUT2D eigenvalue weighted by Crippen LogP contribution is -2.54. The van der Waals surface area contributed by atoms with Crippen LogP contribution in [0.5, 0.6) is 0 Å². The van der Waals surface area contributed by atoms with Crippen molar-refractivity contribution in [2.75, 3.05) is 13.6 Å². The van der Waals surface area contributed by atoms with Gasteiger partial charge in [-0.25, -0.2) is 0 Å². The van der Waals surface area contributed by atoms with Crippen molar-refractivity contribution < 1.29 is 14.4 Å². The number of imide groups is 1. The molecule has 6 heteroatoms. The Bertz CT molecular complexity index is 316. The minimum Gasteiger partial charge on any atom is -0.344 e. The van der Waals surface area contributed by atoms with Crippen molar-refractivity contribution >= 4 is 17.7 Å². The van der Waals surface area contributed by atoms with Crippen LogP contribution in [0.3, 0.4) is 0 Å². The summed E-state index contributed by atoms with van der Waals surface area (Å²) in [4.78, 5) is 35.4. The Morgan fingerprint density at radius 3 is 2.81 bits per heavy atom. The number of hydrogen-bond acceptors (Lipinski definition) is 4. The van der Waals surface area contributed by atoms with Gasteiger partial charge >= 0.3 is 0 Å². The summed E-state index contributed by atoms with van der Waals surface area (Å²) >= 11 is 0. The third kappa shape index (κ3) is 2.57. The normalized spacial score (nSPS) is 23.2. The monoisotopic (exact) mass is 227 g/mol. The molecule has 1 aliphatic heterocycles. The molecule has 0 spiro atoms. The van der Waals surface area contributed by atoms with E-state index in [4.69, 9.17) is 5.73 Å². The minimum atomic E-state index is -0.593. The zero-order valence-electron chi connectivity index (χ0n) is 9.53. The fourth-order valence-electron chi connectivity index (χ4n) is 1.47. The fraction of sp³-hybridized carbons (Fsp3) is 0.700. The van der Waals surface area contributed by atoms with E-state index in [-0.39, 0.29) is 36.6 Å². The molecule has 0 aromatic rings. The number of carbonyl (C=O) groups is 3. The Labute approximate surface area is 94.2 Å². The molecule has 0 aromatic carbocycles. The van der Waals surface area contributed by atoms with Crippen LogP contribution in [0.25, 0.3) is 0 Å². The first-order chi connectivity index (χ1) is 7.47. The first kappa shape index (κ1) is 12.6. The highest BCUT2D eigenvalue weighted by Gasteiger charge is 2.33. The molecule has 0 bridgehead atoms. The third-order valence-electron chi connectivity index (χ3n) is 2.77. The number of nitrogens with two attached hydrogens (primary N) is 1. The van der Waals surface area contributed by atoms with Crippen LogP contribution in [0.1, 0.15) is 19.8 Å². The molecule has 1 aliphatic rings. The number of nitrogens with one attached hydrogen (secondary N) is 1. The highest BCUT2D eigenvalue weighted by atomic mass is 16.2. The molecule has 0 aromatic heterocycles. The lowest BCUT2D eigenvalue weighted by atomic mass is 10.0. The summed E-state index contributed by atoms with van der Waals surface area (Å²) in [5.74, 6) is -1.13. The Morgan fingerprint density at radius 1 is 1.62 bits per heavy atom. The van der Waals surface area contributed by atoms with Crippen molar-refractivity contribution in [1.82, 2.24) is 10.2 Å². The van der Waals surface area contributed by atoms with Gasteiger partial charge in [0, 0.05) is 25.9 Å². The van der Waals surface area contributed by atoms with E-state index in [1.807, 2.05) is 0 Å². The number of piperidine rings is 1. The topological polar surface area (TPSA) is 92.5 Å². The molecule has 0 radical (unpaired) electrons. The molecule has 0 aliphatic carbocycles. The van der Waals surface area contributed by atoms with Gasteiger partial charge < -0.3 is 11.1 Å². The van der Waals surface area contributed by atoms with E-state index in [9.17, 15) is 14.4 Å². The number of carbonyl (C=O) groups excluding carboxylic acids is 3. The molecule has 1 heterocycles. The molecule has 16 heavy (non-hydrogen) atoms. The Kier molecular flexibility index (Phi) is 4.00. The molecule has 1 rings (SSSR count). The standard InChI is InChI=1S/C10H17N3O3/c1-6(5-11)9(15)12-7-3-4-8(14)13(2)10(7)16/h6-7H,3-5,11H2,1-2H3,(H,12,15). The van der Waals surface area contributed by atoms with Crippen molar-refractivity contribution in [1.29, 1.82) is 0 Å². The van der Waals surface area contributed by atoms with Crippen LogP contribution in [0.4, 0.5) is 0 Å². The second-order valence-corrected chi connectivity index (χ2v) is 4.03. The molecular weight excluding hydrogens is 210 g/mol. The average molecular weight is 227 g/mol. The minimum absolute atomic E-state index is 0.206. The Hall–Kier alpha value is -1.43. The van der Waals surface area contributed by atoms with Gasteiger partial charge in [-0.1, -0.05) is 6.92 Å². The van der Waals surface area contributed by atoms with Gasteiger partial charge in [-0.3, -0.25) is 19.3 Å². The Balaban J connectivity index is 2.59. The summed E-state index contributed by atoms with van der Waals surface area (Å²) in [6, 6.07) is -0.593. The van der Waals surface area contributed by atoms with Crippen molar-refractivity contribution in [3.8, 4) is 0 Å². The molecule has 90 valence electrons. The van der Waals surface area contributed by atoms with Gasteiger partial charge in [0.15, 0.2) is 0 Å². The van der Waals surface area contributed by atoms with Gasteiger partial charge in [-0.2, -0.15) is 0 Å². The average Bonchev–Trinajstić information content (AvgIpc) is 2.28. The molecule has 1 saturated heterocycles. The molecule has 0 saturated carbocycles. The van der Waals surface area contributed by atoms with E-state index in [2.05, 4.69) is 5.32 Å². The first-order valence-electron chi connectivity index (χ1n) is 5.28. The summed E-state index contributed by atoms with van der Waals surface area (Å²) in [5.41, 5.74) is 5.35. The van der Waals surface area contributed by atoms with E-state index in [1.54, 1.807) is 6.92 Å². The highest BCUT2D eigenvalue weighted by molar-refractivity contribution is 6.01. The summed E-state index contributed by atoms with van der Waals surface area (Å²) in [6.07, 6.45) is 0.648. The lowest BCUT2D eigenvalue weighted by Gasteiger charge is -2.28. The lowest BCUT2D eigenvalue weighted by molar-refractivity contribution is -0.149. The van der Waals surface area contributed by atoms with E-state index in [0.29, 0.717) is 6.42 Å². The van der Waals surface area contributed by atoms with Crippen LogP contribution in [0, 0.1) is 5.92 Å². The smallest absolute Gasteiger partial charge is 0.251 e. The van der Waals surface area contributed by atoms with E-state index in [1.165, 1.54) is 7.05 Å². The number of likely N-dealkylation sites (N-methyl/N-ethyl adjacent to an activating group) is 1. The van der Waals surface area contributed by atoms with Crippen LogP contribution >= 0.6 is 0 Å². The molecule has 6 nitrogen and oxygen atoms in total. The zero-order chi connectivity index (χ0) is 12.3. The van der Waals surface area contributed by atoms with Crippen LogP contribution in [0.15, 0.2) is 0 Å². The highest BCUT2D eigenvalue weighted by Crippen LogP contribution is 2.11. The van der Waals surface area contributed by atoms with Crippen molar-refractivity contribution in [3.63, 3.8) is 0 Å². The zero-order valence-corrected chi connectivity index (χ0v) is 9.53. The number of hydrogen-bond donors (Lipinski definition) is 2. The predicted octanol–water partition coefficient (Wildman–Crippen LogP) is -1.16. The third-order valence-corrected chi connectivity index (χ3v) is 2.77.